The molecule has 1 aliphatic heterocycles. The minimum Gasteiger partial charge on any atom is -0.326 e. The first-order valence-corrected chi connectivity index (χ1v) is 7.66. The van der Waals surface area contributed by atoms with E-state index >= 15 is 0 Å². The number of nitrogens with one attached hydrogen (secondary N) is 2. The summed E-state index contributed by atoms with van der Waals surface area (Å²) in [7, 11) is 0. The predicted molar refractivity (Wildman–Crippen MR) is 90.2 cm³/mol. The molecule has 106 valence electrons. The Morgan fingerprint density at radius 1 is 1.19 bits per heavy atom. The van der Waals surface area contributed by atoms with Crippen molar-refractivity contribution in [2.45, 2.75) is 12.3 Å². The molecule has 1 aliphatic rings. The van der Waals surface area contributed by atoms with Crippen LogP contribution in [0.15, 0.2) is 48.5 Å². The number of fused-ring (bicyclic) bond motifs is 1. The summed E-state index contributed by atoms with van der Waals surface area (Å²) in [4.78, 5) is 24.2. The van der Waals surface area contributed by atoms with E-state index in [1.54, 1.807) is 0 Å². The molecule has 0 saturated heterocycles. The molecule has 1 atom stereocenters. The number of carbonyl (C=O) groups is 2. The Bertz CT molecular complexity index is 715. The fourth-order valence-electron chi connectivity index (χ4n) is 2.44. The van der Waals surface area contributed by atoms with Crippen molar-refractivity contribution >= 4 is 45.8 Å². The predicted octanol–water partition coefficient (Wildman–Crippen LogP) is 3.36. The second kappa shape index (κ2) is 5.85. The molecule has 21 heavy (non-hydrogen) atoms. The van der Waals surface area contributed by atoms with Gasteiger partial charge in [0, 0.05) is 21.4 Å². The van der Waals surface area contributed by atoms with Gasteiger partial charge >= 0.3 is 0 Å². The smallest absolute Gasteiger partial charge is 0.232 e. The molecule has 0 saturated carbocycles. The molecule has 0 bridgehead atoms. The highest BCUT2D eigenvalue weighted by Crippen LogP contribution is 2.32. The summed E-state index contributed by atoms with van der Waals surface area (Å²) in [6, 6.07) is 15.0. The van der Waals surface area contributed by atoms with E-state index in [2.05, 4.69) is 33.2 Å². The maximum atomic E-state index is 12.5. The van der Waals surface area contributed by atoms with Crippen molar-refractivity contribution in [3.63, 3.8) is 0 Å². The zero-order valence-electron chi connectivity index (χ0n) is 11.1. The third kappa shape index (κ3) is 3.07. The van der Waals surface area contributed by atoms with Crippen molar-refractivity contribution in [1.82, 2.24) is 0 Å². The van der Waals surface area contributed by atoms with Gasteiger partial charge in [-0.25, -0.2) is 0 Å². The number of anilines is 2. The van der Waals surface area contributed by atoms with Crippen molar-refractivity contribution < 1.29 is 9.59 Å². The minimum atomic E-state index is -0.451. The summed E-state index contributed by atoms with van der Waals surface area (Å²) in [6.07, 6.45) is 0.173. The fraction of sp³-hybridized carbons (Fsp3) is 0.125. The highest BCUT2D eigenvalue weighted by atomic mass is 127. The molecule has 2 aromatic rings. The van der Waals surface area contributed by atoms with Gasteiger partial charge in [0.1, 0.15) is 0 Å². The van der Waals surface area contributed by atoms with Crippen LogP contribution in [0.4, 0.5) is 11.4 Å². The number of hydrogen-bond acceptors (Lipinski definition) is 2. The number of hydrogen-bond donors (Lipinski definition) is 2. The molecule has 0 spiro atoms. The highest BCUT2D eigenvalue weighted by Gasteiger charge is 2.30. The lowest BCUT2D eigenvalue weighted by molar-refractivity contribution is -0.123. The standard InChI is InChI=1S/C16H13IN2O2/c17-10-4-3-5-11(8-10)18-16(21)13-9-15(20)19-14-7-2-1-6-12(13)14/h1-8,13H,9H2,(H,18,21)(H,19,20)/t13-/m1/s1. The molecule has 0 radical (unpaired) electrons. The third-order valence-electron chi connectivity index (χ3n) is 3.41. The van der Waals surface area contributed by atoms with Crippen LogP contribution in [0, 0.1) is 3.57 Å². The number of rotatable bonds is 2. The Morgan fingerprint density at radius 3 is 2.81 bits per heavy atom. The van der Waals surface area contributed by atoms with Gasteiger partial charge in [-0.2, -0.15) is 0 Å². The second-order valence-corrected chi connectivity index (χ2v) is 6.14. The Labute approximate surface area is 136 Å². The van der Waals surface area contributed by atoms with Crippen LogP contribution >= 0.6 is 22.6 Å². The average Bonchev–Trinajstić information content (AvgIpc) is 2.46. The highest BCUT2D eigenvalue weighted by molar-refractivity contribution is 14.1. The van der Waals surface area contributed by atoms with Crippen molar-refractivity contribution in [3.8, 4) is 0 Å². The largest absolute Gasteiger partial charge is 0.326 e. The summed E-state index contributed by atoms with van der Waals surface area (Å²) in [5.41, 5.74) is 2.33. The summed E-state index contributed by atoms with van der Waals surface area (Å²) in [6.45, 7) is 0. The molecule has 0 aromatic heterocycles. The fourth-order valence-corrected chi connectivity index (χ4v) is 2.98. The van der Waals surface area contributed by atoms with Gasteiger partial charge in [-0.15, -0.1) is 0 Å². The van der Waals surface area contributed by atoms with E-state index in [1.807, 2.05) is 48.5 Å². The van der Waals surface area contributed by atoms with E-state index in [0.717, 1.165) is 20.5 Å². The van der Waals surface area contributed by atoms with Crippen LogP contribution in [0.25, 0.3) is 0 Å². The normalized spacial score (nSPS) is 16.8. The molecular weight excluding hydrogens is 379 g/mol. The Kier molecular flexibility index (Phi) is 3.92. The van der Waals surface area contributed by atoms with E-state index < -0.39 is 5.92 Å². The third-order valence-corrected chi connectivity index (χ3v) is 4.08. The maximum Gasteiger partial charge on any atom is 0.232 e. The van der Waals surface area contributed by atoms with Crippen molar-refractivity contribution in [2.24, 2.45) is 0 Å². The molecule has 1 heterocycles. The maximum absolute atomic E-state index is 12.5. The van der Waals surface area contributed by atoms with Crippen LogP contribution in [-0.4, -0.2) is 11.8 Å². The topological polar surface area (TPSA) is 58.2 Å². The molecule has 2 aromatic carbocycles. The number of para-hydroxylation sites is 1. The first-order chi connectivity index (χ1) is 10.1. The van der Waals surface area contributed by atoms with Crippen LogP contribution in [0.5, 0.6) is 0 Å². The molecule has 2 N–H and O–H groups in total. The van der Waals surface area contributed by atoms with Crippen molar-refractivity contribution in [2.75, 3.05) is 10.6 Å². The van der Waals surface area contributed by atoms with E-state index in [1.165, 1.54) is 0 Å². The van der Waals surface area contributed by atoms with Crippen LogP contribution in [-0.2, 0) is 9.59 Å². The number of halogens is 1. The van der Waals surface area contributed by atoms with Gasteiger partial charge in [0.05, 0.1) is 5.92 Å². The van der Waals surface area contributed by atoms with Gasteiger partial charge in [-0.3, -0.25) is 9.59 Å². The van der Waals surface area contributed by atoms with Gasteiger partial charge in [0.15, 0.2) is 0 Å². The van der Waals surface area contributed by atoms with Gasteiger partial charge in [-0.05, 0) is 52.4 Å². The minimum absolute atomic E-state index is 0.128. The lowest BCUT2D eigenvalue weighted by atomic mass is 9.90. The molecule has 3 rings (SSSR count). The molecule has 0 aliphatic carbocycles. The monoisotopic (exact) mass is 392 g/mol. The first-order valence-electron chi connectivity index (χ1n) is 6.59. The second-order valence-electron chi connectivity index (χ2n) is 4.89. The zero-order chi connectivity index (χ0) is 14.8. The molecule has 4 nitrogen and oxygen atoms in total. The Morgan fingerprint density at radius 2 is 2.00 bits per heavy atom. The summed E-state index contributed by atoms with van der Waals surface area (Å²) >= 11 is 2.19. The number of carbonyl (C=O) groups excluding carboxylic acids is 2. The van der Waals surface area contributed by atoms with Crippen molar-refractivity contribution in [1.29, 1.82) is 0 Å². The van der Waals surface area contributed by atoms with E-state index in [4.69, 9.17) is 0 Å². The van der Waals surface area contributed by atoms with Gasteiger partial charge in [0.25, 0.3) is 0 Å². The Hall–Kier alpha value is -1.89. The number of amides is 2. The lowest BCUT2D eigenvalue weighted by Crippen LogP contribution is -2.30. The van der Waals surface area contributed by atoms with Gasteiger partial charge in [-0.1, -0.05) is 24.3 Å². The van der Waals surface area contributed by atoms with E-state index in [9.17, 15) is 9.59 Å². The van der Waals surface area contributed by atoms with Crippen LogP contribution < -0.4 is 10.6 Å². The van der Waals surface area contributed by atoms with Crippen LogP contribution in [0.1, 0.15) is 17.9 Å². The van der Waals surface area contributed by atoms with Gasteiger partial charge in [0.2, 0.25) is 11.8 Å². The molecule has 0 fully saturated rings. The SMILES string of the molecule is O=C1C[C@@H](C(=O)Nc2cccc(I)c2)c2ccccc2N1. The average molecular weight is 392 g/mol. The zero-order valence-corrected chi connectivity index (χ0v) is 13.3. The quantitative estimate of drug-likeness (QED) is 0.771. The van der Waals surface area contributed by atoms with Crippen LogP contribution in [0.3, 0.4) is 0 Å². The molecule has 5 heteroatoms. The Balaban J connectivity index is 1.86. The summed E-state index contributed by atoms with van der Waals surface area (Å²) in [5, 5.41) is 5.69. The summed E-state index contributed by atoms with van der Waals surface area (Å²) in [5.74, 6) is -0.733. The first kappa shape index (κ1) is 14.1. The van der Waals surface area contributed by atoms with E-state index in [0.29, 0.717) is 0 Å². The molecule has 0 unspecified atom stereocenters. The van der Waals surface area contributed by atoms with Gasteiger partial charge < -0.3 is 10.6 Å². The molecular formula is C16H13IN2O2. The lowest BCUT2D eigenvalue weighted by Gasteiger charge is -2.24. The van der Waals surface area contributed by atoms with Crippen LogP contribution in [0.2, 0.25) is 0 Å². The summed E-state index contributed by atoms with van der Waals surface area (Å²) < 4.78 is 1.05. The number of benzene rings is 2. The van der Waals surface area contributed by atoms with E-state index in [-0.39, 0.29) is 18.2 Å². The molecule has 2 amide bonds. The van der Waals surface area contributed by atoms with Crippen molar-refractivity contribution in [3.05, 3.63) is 57.7 Å².